The summed E-state index contributed by atoms with van der Waals surface area (Å²) in [5.41, 5.74) is 1.78. The Labute approximate surface area is 190 Å². The number of aliphatic hydroxyl groups is 1. The van der Waals surface area contributed by atoms with Crippen molar-refractivity contribution in [3.63, 3.8) is 0 Å². The Morgan fingerprint density at radius 3 is 2.53 bits per heavy atom. The van der Waals surface area contributed by atoms with Crippen LogP contribution in [0.1, 0.15) is 79.6 Å². The third-order valence-electron chi connectivity index (χ3n) is 6.49. The van der Waals surface area contributed by atoms with E-state index in [0.717, 1.165) is 55.2 Å². The van der Waals surface area contributed by atoms with E-state index in [1.807, 2.05) is 13.8 Å². The molecule has 0 aromatic rings. The summed E-state index contributed by atoms with van der Waals surface area (Å²) in [4.78, 5) is 3.99. The van der Waals surface area contributed by atoms with Gasteiger partial charge in [-0.05, 0) is 69.8 Å². The molecule has 2 N–H and O–H groups in total. The van der Waals surface area contributed by atoms with Crippen molar-refractivity contribution >= 4 is 29.6 Å². The van der Waals surface area contributed by atoms with Crippen LogP contribution in [0.4, 0.5) is 0 Å². The van der Waals surface area contributed by atoms with Gasteiger partial charge in [0, 0.05) is 42.7 Å². The molecule has 0 amide bonds. The van der Waals surface area contributed by atoms with E-state index >= 15 is 0 Å². The van der Waals surface area contributed by atoms with E-state index in [0.29, 0.717) is 22.7 Å². The second kappa shape index (κ2) is 13.0. The minimum absolute atomic E-state index is 0.0114. The Kier molecular flexibility index (Phi) is 11.1. The Morgan fingerprint density at radius 2 is 1.93 bits per heavy atom. The first-order valence-corrected chi connectivity index (χ1v) is 13.6. The van der Waals surface area contributed by atoms with Crippen molar-refractivity contribution in [1.82, 2.24) is 4.72 Å². The van der Waals surface area contributed by atoms with Gasteiger partial charge in [-0.2, -0.15) is 0 Å². The monoisotopic (exact) mass is 456 g/mol. The third kappa shape index (κ3) is 7.50. The lowest BCUT2D eigenvalue weighted by atomic mass is 9.86. The number of nitrogens with zero attached hydrogens (tertiary/aromatic N) is 1. The Bertz CT molecular complexity index is 632. The van der Waals surface area contributed by atoms with Crippen LogP contribution in [-0.4, -0.2) is 33.4 Å². The van der Waals surface area contributed by atoms with E-state index in [9.17, 15) is 9.66 Å². The Hall–Kier alpha value is -0.630. The van der Waals surface area contributed by atoms with Gasteiger partial charge in [-0.3, -0.25) is 0 Å². The van der Waals surface area contributed by atoms with Gasteiger partial charge in [0.1, 0.15) is 11.0 Å². The van der Waals surface area contributed by atoms with Gasteiger partial charge in [0.15, 0.2) is 0 Å². The fourth-order valence-corrected chi connectivity index (χ4v) is 6.28. The minimum Gasteiger partial charge on any atom is -0.598 e. The zero-order valence-corrected chi connectivity index (χ0v) is 20.9. The topological polar surface area (TPSA) is 76.9 Å². The lowest BCUT2D eigenvalue weighted by molar-refractivity contribution is 0.299. The highest BCUT2D eigenvalue weighted by Gasteiger charge is 2.38. The first kappa shape index (κ1) is 25.6. The maximum Gasteiger partial charge on any atom is 0.217 e. The number of nitrogens with one attached hydrogen (secondary N) is 1. The highest BCUT2D eigenvalue weighted by atomic mass is 32.2. The van der Waals surface area contributed by atoms with Crippen molar-refractivity contribution < 1.29 is 13.8 Å². The molecular formula is C23H40N2O3S2. The summed E-state index contributed by atoms with van der Waals surface area (Å²) in [5, 5.41) is 10.5. The molecule has 2 saturated carbocycles. The van der Waals surface area contributed by atoms with Crippen molar-refractivity contribution in [2.75, 3.05) is 12.3 Å². The van der Waals surface area contributed by atoms with Gasteiger partial charge in [-0.25, -0.2) is 4.99 Å². The number of hydrogen-bond donors (Lipinski definition) is 2. The number of hydrogen-bond acceptors (Lipinski definition) is 6. The second-order valence-corrected chi connectivity index (χ2v) is 10.9. The first-order chi connectivity index (χ1) is 14.4. The molecule has 30 heavy (non-hydrogen) atoms. The van der Waals surface area contributed by atoms with E-state index in [1.165, 1.54) is 31.3 Å². The van der Waals surface area contributed by atoms with E-state index in [1.54, 1.807) is 13.1 Å². The van der Waals surface area contributed by atoms with Crippen LogP contribution in [0.5, 0.6) is 0 Å². The van der Waals surface area contributed by atoms with Gasteiger partial charge in [0.25, 0.3) is 0 Å². The molecule has 0 heterocycles. The molecule has 0 aromatic carbocycles. The minimum atomic E-state index is -0.846. The molecule has 4 atom stereocenters. The highest BCUT2D eigenvalue weighted by molar-refractivity contribution is 7.94. The smallest absolute Gasteiger partial charge is 0.217 e. The number of rotatable bonds is 13. The molecule has 0 spiro atoms. The summed E-state index contributed by atoms with van der Waals surface area (Å²) in [5.74, 6) is 3.66. The largest absolute Gasteiger partial charge is 0.598 e. The van der Waals surface area contributed by atoms with Gasteiger partial charge in [0.2, 0.25) is 5.88 Å². The SMILES string of the molecule is CC=N/C(O)=C(C)\C(OSCCC1CC[C@H](CC)C1CN[S+]([O-])C1CC1)=C(\C)CC. The lowest BCUT2D eigenvalue weighted by Gasteiger charge is -2.25. The molecule has 2 aliphatic carbocycles. The first-order valence-electron chi connectivity index (χ1n) is 11.4. The average molecular weight is 457 g/mol. The molecule has 3 unspecified atom stereocenters. The van der Waals surface area contributed by atoms with Gasteiger partial charge < -0.3 is 13.8 Å². The average Bonchev–Trinajstić information content (AvgIpc) is 3.52. The Balaban J connectivity index is 1.87. The molecule has 2 fully saturated rings. The quantitative estimate of drug-likeness (QED) is 0.0878. The number of aliphatic hydroxyl groups excluding tert-OH is 1. The molecular weight excluding hydrogens is 416 g/mol. The van der Waals surface area contributed by atoms with Crippen molar-refractivity contribution in [1.29, 1.82) is 0 Å². The van der Waals surface area contributed by atoms with Crippen LogP contribution in [0.3, 0.4) is 0 Å². The summed E-state index contributed by atoms with van der Waals surface area (Å²) in [7, 11) is 0. The predicted molar refractivity (Wildman–Crippen MR) is 130 cm³/mol. The van der Waals surface area contributed by atoms with Crippen molar-refractivity contribution in [2.45, 2.75) is 84.8 Å². The summed E-state index contributed by atoms with van der Waals surface area (Å²) < 4.78 is 21.6. The van der Waals surface area contributed by atoms with Gasteiger partial charge >= 0.3 is 0 Å². The molecule has 0 saturated heterocycles. The molecule has 172 valence electrons. The van der Waals surface area contributed by atoms with E-state index in [4.69, 9.17) is 4.18 Å². The third-order valence-corrected chi connectivity index (χ3v) is 8.71. The molecule has 0 bridgehead atoms. The van der Waals surface area contributed by atoms with Crippen LogP contribution < -0.4 is 4.72 Å². The molecule has 2 rings (SSSR count). The van der Waals surface area contributed by atoms with Crippen molar-refractivity contribution in [3.8, 4) is 0 Å². The highest BCUT2D eigenvalue weighted by Crippen LogP contribution is 2.41. The molecule has 2 aliphatic rings. The van der Waals surface area contributed by atoms with Crippen LogP contribution in [0.2, 0.25) is 0 Å². The fourth-order valence-electron chi connectivity index (χ4n) is 4.25. The second-order valence-electron chi connectivity index (χ2n) is 8.51. The van der Waals surface area contributed by atoms with E-state index in [2.05, 4.69) is 23.6 Å². The van der Waals surface area contributed by atoms with E-state index < -0.39 is 11.4 Å². The predicted octanol–water partition coefficient (Wildman–Crippen LogP) is 6.07. The Morgan fingerprint density at radius 1 is 1.23 bits per heavy atom. The summed E-state index contributed by atoms with van der Waals surface area (Å²) in [6.45, 7) is 10.9. The van der Waals surface area contributed by atoms with Gasteiger partial charge in [-0.1, -0.05) is 20.3 Å². The summed E-state index contributed by atoms with van der Waals surface area (Å²) in [6.07, 6.45) is 9.50. The fraction of sp³-hybridized carbons (Fsp3) is 0.783. The van der Waals surface area contributed by atoms with Crippen LogP contribution >= 0.6 is 12.0 Å². The van der Waals surface area contributed by atoms with Gasteiger partial charge in [-0.15, -0.1) is 4.72 Å². The van der Waals surface area contributed by atoms with Crippen LogP contribution in [0.15, 0.2) is 27.8 Å². The van der Waals surface area contributed by atoms with Crippen LogP contribution in [0, 0.1) is 17.8 Å². The zero-order chi connectivity index (χ0) is 22.1. The molecule has 0 radical (unpaired) electrons. The maximum absolute atomic E-state index is 12.2. The number of aliphatic imine (C=N–C) groups is 1. The number of allylic oxidation sites excluding steroid dienone is 2. The molecule has 5 nitrogen and oxygen atoms in total. The van der Waals surface area contributed by atoms with E-state index in [-0.39, 0.29) is 5.88 Å². The zero-order valence-electron chi connectivity index (χ0n) is 19.3. The molecule has 0 aliphatic heterocycles. The van der Waals surface area contributed by atoms with Crippen molar-refractivity contribution in [3.05, 3.63) is 22.8 Å². The molecule has 0 aromatic heterocycles. The van der Waals surface area contributed by atoms with Crippen LogP contribution in [-0.2, 0) is 15.5 Å². The standard InChI is InChI=1S/C23H40N2O3S2/c1-6-16(4)22(17(5)23(26)24-8-3)28-29-14-13-19-10-9-18(7-2)21(19)15-25-30(27)20-11-12-20/h8,18-21,25-26H,6-7,9-15H2,1-5H3/b22-16+,23-17+,24-8?/t18-,19?,21?,30?/m0/s1. The maximum atomic E-state index is 12.2. The van der Waals surface area contributed by atoms with Crippen molar-refractivity contribution in [2.24, 2.45) is 22.7 Å². The lowest BCUT2D eigenvalue weighted by Crippen LogP contribution is -2.35. The normalized spacial score (nSPS) is 27.2. The molecule has 7 heteroatoms. The summed E-state index contributed by atoms with van der Waals surface area (Å²) in [6, 6.07) is 0. The van der Waals surface area contributed by atoms with Gasteiger partial charge in [0.05, 0.1) is 17.6 Å². The summed E-state index contributed by atoms with van der Waals surface area (Å²) >= 11 is 0.624. The van der Waals surface area contributed by atoms with Crippen LogP contribution in [0.25, 0.3) is 0 Å².